The van der Waals surface area contributed by atoms with Crippen LogP contribution in [0.3, 0.4) is 0 Å². The molecule has 0 aliphatic heterocycles. The van der Waals surface area contributed by atoms with Crippen molar-refractivity contribution in [3.05, 3.63) is 58.5 Å². The molecule has 0 aliphatic carbocycles. The molecular formula is C18H15ClFN3O3. The number of H-pyrrole nitrogens is 1. The molecule has 0 aliphatic rings. The van der Waals surface area contributed by atoms with Crippen LogP contribution in [0.1, 0.15) is 35.3 Å². The lowest BCUT2D eigenvalue weighted by Gasteiger charge is -2.14. The highest BCUT2D eigenvalue weighted by molar-refractivity contribution is 6.34. The Morgan fingerprint density at radius 3 is 2.77 bits per heavy atom. The zero-order valence-electron chi connectivity index (χ0n) is 13.7. The number of nitrogens with zero attached hydrogens (tertiary/aromatic N) is 1. The predicted molar refractivity (Wildman–Crippen MR) is 96.1 cm³/mol. The lowest BCUT2D eigenvalue weighted by Crippen LogP contribution is -2.15. The number of aliphatic carboxylic acids is 1. The van der Waals surface area contributed by atoms with E-state index in [1.165, 1.54) is 6.07 Å². The fourth-order valence-corrected chi connectivity index (χ4v) is 2.99. The van der Waals surface area contributed by atoms with Gasteiger partial charge in [-0.15, -0.1) is 0 Å². The van der Waals surface area contributed by atoms with Crippen LogP contribution >= 0.6 is 11.6 Å². The number of halogens is 2. The number of carboxylic acid groups (broad SMARTS) is 1. The number of amides is 1. The van der Waals surface area contributed by atoms with Gasteiger partial charge < -0.3 is 10.4 Å². The number of hydrogen-bond acceptors (Lipinski definition) is 3. The zero-order chi connectivity index (χ0) is 18.8. The van der Waals surface area contributed by atoms with Crippen molar-refractivity contribution in [3.63, 3.8) is 0 Å². The number of anilines is 1. The van der Waals surface area contributed by atoms with E-state index >= 15 is 0 Å². The summed E-state index contributed by atoms with van der Waals surface area (Å²) >= 11 is 6.13. The normalized spacial score (nSPS) is 12.1. The lowest BCUT2D eigenvalue weighted by molar-refractivity contribution is -0.138. The van der Waals surface area contributed by atoms with Crippen molar-refractivity contribution < 1.29 is 19.1 Å². The van der Waals surface area contributed by atoms with Crippen molar-refractivity contribution in [2.24, 2.45) is 0 Å². The first kappa shape index (κ1) is 17.9. The highest BCUT2D eigenvalue weighted by Crippen LogP contribution is 2.31. The van der Waals surface area contributed by atoms with E-state index < -0.39 is 23.6 Å². The summed E-state index contributed by atoms with van der Waals surface area (Å²) in [7, 11) is 0. The number of nitrogens with one attached hydrogen (secondary N) is 2. The Bertz CT molecular complexity index is 1000. The molecule has 6 nitrogen and oxygen atoms in total. The molecule has 2 aromatic carbocycles. The van der Waals surface area contributed by atoms with Crippen molar-refractivity contribution in [2.75, 3.05) is 5.32 Å². The second kappa shape index (κ2) is 7.13. The van der Waals surface area contributed by atoms with Gasteiger partial charge in [-0.3, -0.25) is 14.7 Å². The Hall–Kier alpha value is -2.93. The highest BCUT2D eigenvalue weighted by atomic mass is 35.5. The number of rotatable bonds is 5. The Morgan fingerprint density at radius 1 is 1.35 bits per heavy atom. The quantitative estimate of drug-likeness (QED) is 0.623. The topological polar surface area (TPSA) is 95.1 Å². The molecule has 0 spiro atoms. The molecule has 0 radical (unpaired) electrons. The Balaban J connectivity index is 1.92. The average molecular weight is 376 g/mol. The molecule has 3 rings (SSSR count). The van der Waals surface area contributed by atoms with Gasteiger partial charge in [0.2, 0.25) is 0 Å². The first-order valence-electron chi connectivity index (χ1n) is 7.88. The number of fused-ring (bicyclic) bond motifs is 1. The number of carbonyl (C=O) groups is 2. The maximum Gasteiger partial charge on any atom is 0.311 e. The number of hydrogen-bond donors (Lipinski definition) is 3. The average Bonchev–Trinajstić information content (AvgIpc) is 3.03. The minimum atomic E-state index is -1.14. The summed E-state index contributed by atoms with van der Waals surface area (Å²) in [6.07, 6.45) is 0.216. The molecule has 3 N–H and O–H groups in total. The summed E-state index contributed by atoms with van der Waals surface area (Å²) in [5.74, 6) is -3.44. The molecule has 3 aromatic rings. The molecule has 26 heavy (non-hydrogen) atoms. The Labute approximate surface area is 153 Å². The zero-order valence-corrected chi connectivity index (χ0v) is 14.5. The van der Waals surface area contributed by atoms with Crippen LogP contribution in [0.2, 0.25) is 5.02 Å². The number of carboxylic acids is 1. The number of benzene rings is 2. The van der Waals surface area contributed by atoms with Crippen LogP contribution in [0, 0.1) is 5.82 Å². The fraction of sp³-hybridized carbons (Fsp3) is 0.167. The molecule has 1 amide bonds. The second-order valence-electron chi connectivity index (χ2n) is 5.72. The van der Waals surface area contributed by atoms with Gasteiger partial charge in [-0.05, 0) is 24.6 Å². The predicted octanol–water partition coefficient (Wildman–Crippen LogP) is 4.19. The second-order valence-corrected chi connectivity index (χ2v) is 6.13. The summed E-state index contributed by atoms with van der Waals surface area (Å²) in [5, 5.41) is 19.1. The Morgan fingerprint density at radius 2 is 2.08 bits per heavy atom. The first-order valence-corrected chi connectivity index (χ1v) is 8.26. The van der Waals surface area contributed by atoms with E-state index in [0.717, 1.165) is 6.07 Å². The summed E-state index contributed by atoms with van der Waals surface area (Å²) in [4.78, 5) is 23.7. The van der Waals surface area contributed by atoms with E-state index in [4.69, 9.17) is 11.6 Å². The number of aromatic amines is 1. The molecule has 0 fully saturated rings. The molecule has 8 heteroatoms. The maximum absolute atomic E-state index is 14.4. The van der Waals surface area contributed by atoms with Gasteiger partial charge in [0.05, 0.1) is 22.1 Å². The third-order valence-corrected chi connectivity index (χ3v) is 4.41. The van der Waals surface area contributed by atoms with E-state index in [9.17, 15) is 19.1 Å². The summed E-state index contributed by atoms with van der Waals surface area (Å²) in [6, 6.07) is 9.34. The smallest absolute Gasteiger partial charge is 0.311 e. The van der Waals surface area contributed by atoms with Crippen LogP contribution in [-0.2, 0) is 4.79 Å². The van der Waals surface area contributed by atoms with Crippen LogP contribution in [-0.4, -0.2) is 27.2 Å². The van der Waals surface area contributed by atoms with Gasteiger partial charge in [-0.2, -0.15) is 5.10 Å². The number of para-hydroxylation sites is 1. The van der Waals surface area contributed by atoms with Crippen LogP contribution in [0.4, 0.5) is 10.1 Å². The van der Waals surface area contributed by atoms with E-state index in [-0.39, 0.29) is 28.4 Å². The van der Waals surface area contributed by atoms with Gasteiger partial charge in [0.1, 0.15) is 5.82 Å². The first-order chi connectivity index (χ1) is 12.4. The molecule has 0 saturated carbocycles. The summed E-state index contributed by atoms with van der Waals surface area (Å²) in [6.45, 7) is 1.64. The van der Waals surface area contributed by atoms with E-state index in [0.29, 0.717) is 10.9 Å². The third-order valence-electron chi connectivity index (χ3n) is 4.10. The van der Waals surface area contributed by atoms with Gasteiger partial charge in [-0.1, -0.05) is 36.7 Å². The lowest BCUT2D eigenvalue weighted by atomic mass is 9.96. The molecule has 0 saturated heterocycles. The van der Waals surface area contributed by atoms with Crippen LogP contribution in [0.5, 0.6) is 0 Å². The van der Waals surface area contributed by atoms with Crippen LogP contribution in [0.25, 0.3) is 10.9 Å². The monoisotopic (exact) mass is 375 g/mol. The molecular weight excluding hydrogens is 361 g/mol. The van der Waals surface area contributed by atoms with Gasteiger partial charge in [0.15, 0.2) is 5.69 Å². The minimum Gasteiger partial charge on any atom is -0.481 e. The maximum atomic E-state index is 14.4. The van der Waals surface area contributed by atoms with E-state index in [1.54, 1.807) is 31.2 Å². The van der Waals surface area contributed by atoms with Crippen molar-refractivity contribution in [2.45, 2.75) is 19.3 Å². The van der Waals surface area contributed by atoms with Crippen molar-refractivity contribution in [1.29, 1.82) is 0 Å². The fourth-order valence-electron chi connectivity index (χ4n) is 2.77. The third kappa shape index (κ3) is 3.25. The summed E-state index contributed by atoms with van der Waals surface area (Å²) in [5.41, 5.74) is 0.870. The highest BCUT2D eigenvalue weighted by Gasteiger charge is 2.24. The molecule has 1 heterocycles. The summed E-state index contributed by atoms with van der Waals surface area (Å²) < 4.78 is 14.4. The molecule has 0 bridgehead atoms. The molecule has 134 valence electrons. The number of carbonyl (C=O) groups excluding carboxylic acids is 1. The molecule has 1 atom stereocenters. The van der Waals surface area contributed by atoms with Crippen molar-refractivity contribution in [1.82, 2.24) is 10.2 Å². The van der Waals surface area contributed by atoms with Crippen LogP contribution in [0.15, 0.2) is 36.4 Å². The number of aromatic nitrogens is 2. The van der Waals surface area contributed by atoms with Gasteiger partial charge in [-0.25, -0.2) is 4.39 Å². The van der Waals surface area contributed by atoms with Gasteiger partial charge in [0, 0.05) is 10.9 Å². The van der Waals surface area contributed by atoms with Crippen molar-refractivity contribution in [3.8, 4) is 0 Å². The van der Waals surface area contributed by atoms with Crippen molar-refractivity contribution >= 4 is 40.1 Å². The van der Waals surface area contributed by atoms with E-state index in [2.05, 4.69) is 15.5 Å². The van der Waals surface area contributed by atoms with Gasteiger partial charge in [0.25, 0.3) is 5.91 Å². The largest absolute Gasteiger partial charge is 0.481 e. The van der Waals surface area contributed by atoms with E-state index in [1.807, 2.05) is 0 Å². The Kier molecular flexibility index (Phi) is 4.90. The minimum absolute atomic E-state index is 0.0202. The molecule has 1 unspecified atom stereocenters. The van der Waals surface area contributed by atoms with Crippen LogP contribution < -0.4 is 5.32 Å². The standard InChI is InChI=1S/C18H15ClFN3O3/c1-2-9(18(25)26)11-7-12(19)15(8-13(11)20)21-17(24)16-10-5-3-4-6-14(10)22-23-16/h3-9H,2H2,1H3,(H,21,24)(H,22,23)(H,25,26). The SMILES string of the molecule is CCC(C(=O)O)c1cc(Cl)c(NC(=O)c2n[nH]c3ccccc23)cc1F. The van der Waals surface area contributed by atoms with Gasteiger partial charge >= 0.3 is 5.97 Å². The molecule has 1 aromatic heterocycles.